The van der Waals surface area contributed by atoms with Gasteiger partial charge in [-0.1, -0.05) is 23.7 Å². The summed E-state index contributed by atoms with van der Waals surface area (Å²) < 4.78 is 0. The van der Waals surface area contributed by atoms with Crippen LogP contribution in [0.5, 0.6) is 0 Å². The number of hydrogen-bond donors (Lipinski definition) is 2. The summed E-state index contributed by atoms with van der Waals surface area (Å²) in [6, 6.07) is 7.57. The quantitative estimate of drug-likeness (QED) is 0.886. The van der Waals surface area contributed by atoms with Crippen LogP contribution in [0.3, 0.4) is 0 Å². The fourth-order valence-corrected chi connectivity index (χ4v) is 3.52. The Hall–Kier alpha value is -1.92. The van der Waals surface area contributed by atoms with Crippen molar-refractivity contribution < 1.29 is 9.59 Å². The van der Waals surface area contributed by atoms with E-state index in [0.717, 1.165) is 24.8 Å². The number of nitrogens with one attached hydrogen (secondary N) is 2. The molecule has 0 unspecified atom stereocenters. The maximum absolute atomic E-state index is 12.5. The minimum absolute atomic E-state index is 0.206. The van der Waals surface area contributed by atoms with Crippen molar-refractivity contribution in [3.63, 3.8) is 0 Å². The van der Waals surface area contributed by atoms with Crippen LogP contribution in [0.2, 0.25) is 5.02 Å². The molecular formula is C16H16ClN3O2S. The second kappa shape index (κ2) is 6.29. The van der Waals surface area contributed by atoms with Gasteiger partial charge >= 0.3 is 0 Å². The maximum Gasteiger partial charge on any atom is 0.271 e. The van der Waals surface area contributed by atoms with Crippen LogP contribution in [-0.2, 0) is 10.3 Å². The van der Waals surface area contributed by atoms with Gasteiger partial charge in [0.05, 0.1) is 5.54 Å². The van der Waals surface area contributed by atoms with Gasteiger partial charge < -0.3 is 10.6 Å². The zero-order chi connectivity index (χ0) is 16.4. The van der Waals surface area contributed by atoms with E-state index in [-0.39, 0.29) is 17.4 Å². The number of benzene rings is 1. The van der Waals surface area contributed by atoms with Gasteiger partial charge in [-0.15, -0.1) is 11.3 Å². The highest BCUT2D eigenvalue weighted by molar-refractivity contribution is 7.14. The van der Waals surface area contributed by atoms with Gasteiger partial charge in [-0.05, 0) is 37.0 Å². The minimum Gasteiger partial charge on any atom is -0.341 e. The summed E-state index contributed by atoms with van der Waals surface area (Å²) in [5.74, 6) is -0.435. The highest BCUT2D eigenvalue weighted by Crippen LogP contribution is 2.41. The molecule has 1 heterocycles. The van der Waals surface area contributed by atoms with Crippen LogP contribution in [0.15, 0.2) is 29.6 Å². The Morgan fingerprint density at radius 2 is 1.96 bits per heavy atom. The highest BCUT2D eigenvalue weighted by atomic mass is 35.5. The molecule has 0 radical (unpaired) electrons. The van der Waals surface area contributed by atoms with Gasteiger partial charge in [0.1, 0.15) is 5.69 Å². The third-order valence-corrected chi connectivity index (χ3v) is 4.99. The molecule has 0 spiro atoms. The lowest BCUT2D eigenvalue weighted by Gasteiger charge is -2.43. The van der Waals surface area contributed by atoms with Gasteiger partial charge in [0, 0.05) is 17.3 Å². The predicted octanol–water partition coefficient (Wildman–Crippen LogP) is 3.56. The van der Waals surface area contributed by atoms with Crippen LogP contribution in [-0.4, -0.2) is 16.8 Å². The van der Waals surface area contributed by atoms with Crippen LogP contribution in [0.25, 0.3) is 0 Å². The number of nitrogens with zero attached hydrogens (tertiary/aromatic N) is 1. The lowest BCUT2D eigenvalue weighted by atomic mass is 9.71. The van der Waals surface area contributed by atoms with Crippen molar-refractivity contribution in [2.45, 2.75) is 31.7 Å². The van der Waals surface area contributed by atoms with Crippen molar-refractivity contribution in [2.24, 2.45) is 0 Å². The van der Waals surface area contributed by atoms with Crippen LogP contribution < -0.4 is 10.6 Å². The van der Waals surface area contributed by atoms with E-state index in [0.29, 0.717) is 15.8 Å². The average Bonchev–Trinajstić information content (AvgIpc) is 2.91. The number of carbonyl (C=O) groups excluding carboxylic acids is 2. The van der Waals surface area contributed by atoms with Gasteiger partial charge in [0.25, 0.3) is 5.91 Å². The Labute approximate surface area is 143 Å². The standard InChI is InChI=1S/C16H16ClN3O2S/c1-10(21)18-15-19-13(9-23-15)14(22)20-16(7-2-8-16)11-3-5-12(17)6-4-11/h3-6,9H,2,7-8H2,1H3,(H,20,22)(H,18,19,21). The van der Waals surface area contributed by atoms with E-state index in [1.165, 1.54) is 18.3 Å². The van der Waals surface area contributed by atoms with Crippen molar-refractivity contribution in [3.8, 4) is 0 Å². The van der Waals surface area contributed by atoms with Crippen LogP contribution in [0, 0.1) is 0 Å². The van der Waals surface area contributed by atoms with Crippen molar-refractivity contribution in [1.82, 2.24) is 10.3 Å². The summed E-state index contributed by atoms with van der Waals surface area (Å²) in [7, 11) is 0. The molecule has 0 atom stereocenters. The fraction of sp³-hybridized carbons (Fsp3) is 0.312. The Kier molecular flexibility index (Phi) is 4.37. The normalized spacial score (nSPS) is 15.6. The summed E-state index contributed by atoms with van der Waals surface area (Å²) in [6.45, 7) is 1.41. The Morgan fingerprint density at radius 1 is 1.26 bits per heavy atom. The number of halogens is 1. The summed E-state index contributed by atoms with van der Waals surface area (Å²) in [6.07, 6.45) is 2.85. The predicted molar refractivity (Wildman–Crippen MR) is 90.9 cm³/mol. The maximum atomic E-state index is 12.5. The van der Waals surface area contributed by atoms with Gasteiger partial charge in [-0.25, -0.2) is 4.98 Å². The van der Waals surface area contributed by atoms with Gasteiger partial charge in [-0.2, -0.15) is 0 Å². The monoisotopic (exact) mass is 349 g/mol. The molecule has 1 aliphatic rings. The smallest absolute Gasteiger partial charge is 0.271 e. The Balaban J connectivity index is 1.76. The van der Waals surface area contributed by atoms with E-state index in [1.807, 2.05) is 24.3 Å². The van der Waals surface area contributed by atoms with E-state index in [9.17, 15) is 9.59 Å². The van der Waals surface area contributed by atoms with Crippen LogP contribution >= 0.6 is 22.9 Å². The van der Waals surface area contributed by atoms with E-state index < -0.39 is 0 Å². The van der Waals surface area contributed by atoms with Crippen LogP contribution in [0.1, 0.15) is 42.2 Å². The molecular weight excluding hydrogens is 334 g/mol. The third-order valence-electron chi connectivity index (χ3n) is 3.98. The largest absolute Gasteiger partial charge is 0.341 e. The number of carbonyl (C=O) groups is 2. The van der Waals surface area contributed by atoms with Gasteiger partial charge in [0.2, 0.25) is 5.91 Å². The van der Waals surface area contributed by atoms with Crippen LogP contribution in [0.4, 0.5) is 5.13 Å². The van der Waals surface area contributed by atoms with Gasteiger partial charge in [-0.3, -0.25) is 9.59 Å². The lowest BCUT2D eigenvalue weighted by Crippen LogP contribution is -2.50. The molecule has 0 bridgehead atoms. The molecule has 23 heavy (non-hydrogen) atoms. The number of aromatic nitrogens is 1. The molecule has 1 aromatic carbocycles. The first kappa shape index (κ1) is 16.0. The second-order valence-electron chi connectivity index (χ2n) is 5.62. The van der Waals surface area contributed by atoms with Crippen molar-refractivity contribution in [3.05, 3.63) is 45.9 Å². The molecule has 2 aromatic rings. The summed E-state index contributed by atoms with van der Waals surface area (Å²) >= 11 is 7.17. The molecule has 3 rings (SSSR count). The van der Waals surface area contributed by atoms with Gasteiger partial charge in [0.15, 0.2) is 5.13 Å². The molecule has 1 aromatic heterocycles. The highest BCUT2D eigenvalue weighted by Gasteiger charge is 2.40. The third kappa shape index (κ3) is 3.38. The van der Waals surface area contributed by atoms with Crippen molar-refractivity contribution >= 4 is 39.9 Å². The molecule has 0 aliphatic heterocycles. The Bertz CT molecular complexity index is 738. The molecule has 1 saturated carbocycles. The first-order valence-corrected chi connectivity index (χ1v) is 8.56. The zero-order valence-electron chi connectivity index (χ0n) is 12.6. The molecule has 7 heteroatoms. The van der Waals surface area contributed by atoms with Crippen molar-refractivity contribution in [1.29, 1.82) is 0 Å². The number of amides is 2. The topological polar surface area (TPSA) is 71.1 Å². The van der Waals surface area contributed by atoms with E-state index in [2.05, 4.69) is 15.6 Å². The molecule has 0 saturated heterocycles. The first-order chi connectivity index (χ1) is 11.0. The minimum atomic E-state index is -0.348. The molecule has 5 nitrogen and oxygen atoms in total. The zero-order valence-corrected chi connectivity index (χ0v) is 14.1. The van der Waals surface area contributed by atoms with Crippen molar-refractivity contribution in [2.75, 3.05) is 5.32 Å². The molecule has 2 N–H and O–H groups in total. The summed E-state index contributed by atoms with van der Waals surface area (Å²) in [5.41, 5.74) is 1.03. The fourth-order valence-electron chi connectivity index (χ4n) is 2.65. The number of anilines is 1. The summed E-state index contributed by atoms with van der Waals surface area (Å²) in [5, 5.41) is 8.43. The van der Waals surface area contributed by atoms with E-state index >= 15 is 0 Å². The number of hydrogen-bond acceptors (Lipinski definition) is 4. The number of rotatable bonds is 4. The van der Waals surface area contributed by atoms with E-state index in [4.69, 9.17) is 11.6 Å². The Morgan fingerprint density at radius 3 is 2.52 bits per heavy atom. The molecule has 2 amide bonds. The lowest BCUT2D eigenvalue weighted by molar-refractivity contribution is -0.114. The SMILES string of the molecule is CC(=O)Nc1nc(C(=O)NC2(c3ccc(Cl)cc3)CCC2)cs1. The first-order valence-electron chi connectivity index (χ1n) is 7.30. The molecule has 1 aliphatic carbocycles. The summed E-state index contributed by atoms with van der Waals surface area (Å²) in [4.78, 5) is 27.7. The second-order valence-corrected chi connectivity index (χ2v) is 6.91. The number of thiazole rings is 1. The van der Waals surface area contributed by atoms with E-state index in [1.54, 1.807) is 5.38 Å². The molecule has 120 valence electrons. The molecule has 1 fully saturated rings. The average molecular weight is 350 g/mol.